The zero-order chi connectivity index (χ0) is 22.0. The molecule has 9 aromatic carbocycles. The van der Waals surface area contributed by atoms with E-state index < -0.39 is 0 Å². The van der Waals surface area contributed by atoms with Crippen LogP contribution in [0.2, 0.25) is 0 Å². The minimum absolute atomic E-state index is 1.31. The average molecular weight is 427 g/mol. The quantitative estimate of drug-likeness (QED) is 0.167. The van der Waals surface area contributed by atoms with Gasteiger partial charge in [-0.25, -0.2) is 0 Å². The van der Waals surface area contributed by atoms with Crippen LogP contribution < -0.4 is 0 Å². The van der Waals surface area contributed by atoms with E-state index in [1.54, 1.807) is 0 Å². The van der Waals surface area contributed by atoms with E-state index >= 15 is 0 Å². The summed E-state index contributed by atoms with van der Waals surface area (Å²) in [7, 11) is 0. The normalized spacial score (nSPS) is 12.7. The van der Waals surface area contributed by atoms with E-state index in [1.165, 1.54) is 86.2 Å². The van der Waals surface area contributed by atoms with Gasteiger partial charge in [-0.05, 0) is 110 Å². The molecule has 0 bridgehead atoms. The van der Waals surface area contributed by atoms with Gasteiger partial charge in [0.2, 0.25) is 0 Å². The average Bonchev–Trinajstić information content (AvgIpc) is 2.89. The molecular weight excluding hydrogens is 408 g/mol. The van der Waals surface area contributed by atoms with Gasteiger partial charge in [0.25, 0.3) is 0 Å². The van der Waals surface area contributed by atoms with Gasteiger partial charge in [-0.3, -0.25) is 0 Å². The van der Waals surface area contributed by atoms with Crippen molar-refractivity contribution < 1.29 is 0 Å². The summed E-state index contributed by atoms with van der Waals surface area (Å²) in [6.45, 7) is 0. The number of hydrogen-bond donors (Lipinski definition) is 0. The smallest absolute Gasteiger partial charge is 0.00203 e. The Bertz CT molecular complexity index is 2070. The minimum atomic E-state index is 1.31. The van der Waals surface area contributed by atoms with E-state index in [9.17, 15) is 0 Å². The van der Waals surface area contributed by atoms with Crippen LogP contribution in [-0.2, 0) is 0 Å². The number of hydrogen-bond acceptors (Lipinski definition) is 0. The Kier molecular flexibility index (Phi) is 2.88. The molecule has 0 heterocycles. The van der Waals surface area contributed by atoms with Crippen LogP contribution in [0.3, 0.4) is 0 Å². The molecule has 0 radical (unpaired) electrons. The molecule has 0 N–H and O–H groups in total. The van der Waals surface area contributed by atoms with Crippen molar-refractivity contribution in [2.45, 2.75) is 0 Å². The van der Waals surface area contributed by atoms with E-state index in [-0.39, 0.29) is 0 Å². The van der Waals surface area contributed by atoms with Gasteiger partial charge in [0, 0.05) is 0 Å². The van der Waals surface area contributed by atoms with E-state index in [0.717, 1.165) is 0 Å². The molecule has 0 amide bonds. The summed E-state index contributed by atoms with van der Waals surface area (Å²) in [5.41, 5.74) is 0. The van der Waals surface area contributed by atoms with Crippen LogP contribution in [0.4, 0.5) is 0 Å². The molecule has 0 saturated carbocycles. The summed E-state index contributed by atoms with van der Waals surface area (Å²) in [4.78, 5) is 0. The molecule has 0 heteroatoms. The molecule has 0 aromatic heterocycles. The summed E-state index contributed by atoms with van der Waals surface area (Å²) in [6, 6.07) is 41.2. The van der Waals surface area contributed by atoms with Crippen LogP contribution in [0.15, 0.2) is 109 Å². The summed E-state index contributed by atoms with van der Waals surface area (Å²) in [5.74, 6) is 0. The predicted octanol–water partition coefficient (Wildman–Crippen LogP) is 9.79. The summed E-state index contributed by atoms with van der Waals surface area (Å²) in [5, 5.41) is 21.5. The first-order chi connectivity index (χ1) is 16.8. The van der Waals surface area contributed by atoms with E-state index in [0.29, 0.717) is 0 Å². The van der Waals surface area contributed by atoms with Crippen molar-refractivity contribution in [3.63, 3.8) is 0 Å². The summed E-state index contributed by atoms with van der Waals surface area (Å²) >= 11 is 0. The van der Waals surface area contributed by atoms with Crippen LogP contribution in [0.1, 0.15) is 0 Å². The second-order valence-electron chi connectivity index (χ2n) is 9.76. The summed E-state index contributed by atoms with van der Waals surface area (Å²) in [6.07, 6.45) is 0. The SMILES string of the molecule is c1cc2ccc3cc4cc5c(cc6ccc7cccc8ccc5c6c78)cc4c4ccc(c1)c2c34. The molecular formula is C34H18. The third-order valence-electron chi connectivity index (χ3n) is 8.04. The Hall–Kier alpha value is -4.42. The van der Waals surface area contributed by atoms with Crippen LogP contribution in [0, 0.1) is 0 Å². The number of rotatable bonds is 0. The lowest BCUT2D eigenvalue weighted by molar-refractivity contribution is 1.80. The van der Waals surface area contributed by atoms with Crippen molar-refractivity contribution in [1.29, 1.82) is 0 Å². The van der Waals surface area contributed by atoms with Crippen LogP contribution >= 0.6 is 0 Å². The monoisotopic (exact) mass is 426 g/mol. The summed E-state index contributed by atoms with van der Waals surface area (Å²) < 4.78 is 0. The lowest BCUT2D eigenvalue weighted by atomic mass is 9.87. The van der Waals surface area contributed by atoms with Gasteiger partial charge >= 0.3 is 0 Å². The van der Waals surface area contributed by atoms with Gasteiger partial charge < -0.3 is 0 Å². The van der Waals surface area contributed by atoms with Crippen molar-refractivity contribution in [2.75, 3.05) is 0 Å². The van der Waals surface area contributed by atoms with Gasteiger partial charge in [0.15, 0.2) is 0 Å². The predicted molar refractivity (Wildman–Crippen MR) is 149 cm³/mol. The fourth-order valence-electron chi connectivity index (χ4n) is 6.58. The number of fused-ring (bicyclic) bond motifs is 4. The van der Waals surface area contributed by atoms with Crippen molar-refractivity contribution >= 4 is 86.2 Å². The lowest BCUT2D eigenvalue weighted by Gasteiger charge is -2.16. The zero-order valence-corrected chi connectivity index (χ0v) is 18.4. The Morgan fingerprint density at radius 1 is 0.235 bits per heavy atom. The molecule has 0 spiro atoms. The van der Waals surface area contributed by atoms with E-state index in [4.69, 9.17) is 0 Å². The van der Waals surface area contributed by atoms with Crippen LogP contribution in [0.5, 0.6) is 0 Å². The molecule has 154 valence electrons. The Morgan fingerprint density at radius 3 is 1.06 bits per heavy atom. The van der Waals surface area contributed by atoms with Gasteiger partial charge in [0.1, 0.15) is 0 Å². The van der Waals surface area contributed by atoms with Crippen molar-refractivity contribution in [1.82, 2.24) is 0 Å². The molecule has 0 aliphatic rings. The van der Waals surface area contributed by atoms with Crippen LogP contribution in [-0.4, -0.2) is 0 Å². The standard InChI is InChI=1S/C34H18/c1-3-19-7-9-23-15-25-18-30-26(17-29(25)27-13-11-21(5-1)31(19)33(23)27)16-24-10-8-20-4-2-6-22-12-14-28(30)34(24)32(20)22/h1-18H. The van der Waals surface area contributed by atoms with Crippen molar-refractivity contribution in [3.8, 4) is 0 Å². The van der Waals surface area contributed by atoms with Crippen molar-refractivity contribution in [3.05, 3.63) is 109 Å². The molecule has 0 aliphatic carbocycles. The molecule has 9 rings (SSSR count). The highest BCUT2D eigenvalue weighted by molar-refractivity contribution is 6.33. The highest BCUT2D eigenvalue weighted by Gasteiger charge is 2.14. The first-order valence-corrected chi connectivity index (χ1v) is 11.9. The first-order valence-electron chi connectivity index (χ1n) is 11.9. The van der Waals surface area contributed by atoms with Gasteiger partial charge in [0.05, 0.1) is 0 Å². The lowest BCUT2D eigenvalue weighted by Crippen LogP contribution is -1.88. The molecule has 0 atom stereocenters. The zero-order valence-electron chi connectivity index (χ0n) is 18.4. The number of benzene rings is 9. The fourth-order valence-corrected chi connectivity index (χ4v) is 6.58. The van der Waals surface area contributed by atoms with E-state index in [2.05, 4.69) is 109 Å². The highest BCUT2D eigenvalue weighted by atomic mass is 14.2. The molecule has 0 fully saturated rings. The second-order valence-corrected chi connectivity index (χ2v) is 9.76. The molecule has 0 unspecified atom stereocenters. The fraction of sp³-hybridized carbons (Fsp3) is 0. The largest absolute Gasteiger partial charge is 0.0610 e. The Labute approximate surface area is 195 Å². The van der Waals surface area contributed by atoms with Crippen LogP contribution in [0.25, 0.3) is 86.2 Å². The maximum absolute atomic E-state index is 2.42. The second kappa shape index (κ2) is 5.73. The van der Waals surface area contributed by atoms with E-state index in [1.807, 2.05) is 0 Å². The van der Waals surface area contributed by atoms with Gasteiger partial charge in [-0.1, -0.05) is 84.9 Å². The molecule has 34 heavy (non-hydrogen) atoms. The Balaban J connectivity index is 1.52. The maximum Gasteiger partial charge on any atom is -0.00203 e. The molecule has 0 saturated heterocycles. The third-order valence-corrected chi connectivity index (χ3v) is 8.04. The highest BCUT2D eigenvalue weighted by Crippen LogP contribution is 2.43. The molecule has 0 aliphatic heterocycles. The van der Waals surface area contributed by atoms with Crippen molar-refractivity contribution in [2.24, 2.45) is 0 Å². The van der Waals surface area contributed by atoms with Gasteiger partial charge in [-0.15, -0.1) is 0 Å². The first kappa shape index (κ1) is 17.1. The maximum atomic E-state index is 2.42. The third kappa shape index (κ3) is 1.96. The molecule has 9 aromatic rings. The Morgan fingerprint density at radius 2 is 0.618 bits per heavy atom. The molecule has 0 nitrogen and oxygen atoms in total. The minimum Gasteiger partial charge on any atom is -0.0610 e. The topological polar surface area (TPSA) is 0 Å². The van der Waals surface area contributed by atoms with Gasteiger partial charge in [-0.2, -0.15) is 0 Å².